The molecule has 0 aliphatic heterocycles. The Morgan fingerprint density at radius 1 is 1.18 bits per heavy atom. The van der Waals surface area contributed by atoms with Gasteiger partial charge in [-0.1, -0.05) is 25.1 Å². The van der Waals surface area contributed by atoms with E-state index in [2.05, 4.69) is 9.72 Å². The predicted octanol–water partition coefficient (Wildman–Crippen LogP) is 4.94. The van der Waals surface area contributed by atoms with Crippen LogP contribution in [0.4, 0.5) is 22.0 Å². The van der Waals surface area contributed by atoms with Crippen molar-refractivity contribution in [1.82, 2.24) is 4.98 Å². The fourth-order valence-corrected chi connectivity index (χ4v) is 4.06. The number of carbonyl (C=O) groups excluding carboxylic acids is 1. The van der Waals surface area contributed by atoms with Gasteiger partial charge in [-0.2, -0.15) is 13.2 Å². The van der Waals surface area contributed by atoms with Crippen molar-refractivity contribution in [3.8, 4) is 0 Å². The first-order valence-corrected chi connectivity index (χ1v) is 9.34. The van der Waals surface area contributed by atoms with Crippen LogP contribution in [0.25, 0.3) is 0 Å². The van der Waals surface area contributed by atoms with E-state index in [1.165, 1.54) is 38.1 Å². The fourth-order valence-electron chi connectivity index (χ4n) is 2.62. The number of hydrogen-bond acceptors (Lipinski definition) is 4. The molecule has 0 aliphatic carbocycles. The molecule has 1 atom stereocenters. The van der Waals surface area contributed by atoms with Crippen LogP contribution in [0.3, 0.4) is 0 Å². The van der Waals surface area contributed by atoms with Gasteiger partial charge >= 0.3 is 12.1 Å². The molecule has 0 spiro atoms. The van der Waals surface area contributed by atoms with Gasteiger partial charge in [0.05, 0.1) is 27.9 Å². The second kappa shape index (κ2) is 8.76. The average molecular weight is 421 g/mol. The SMILES string of the molecule is CCOC(=O)c1c(C(F)(F)F)nc(C(F)F)c(S(=O)c2ccccc2)c1CC. The number of nitrogens with zero attached hydrogens (tertiary/aromatic N) is 1. The number of pyridine rings is 1. The minimum absolute atomic E-state index is 0.0930. The standard InChI is InChI=1S/C18H16F5NO3S/c1-3-11-12(17(25)27-4-2)15(18(21,22)23)24-13(16(19)20)14(11)28(26)10-8-6-5-7-9-10/h5-9,16H,3-4H2,1-2H3. The van der Waals surface area contributed by atoms with Gasteiger partial charge in [-0.3, -0.25) is 0 Å². The molecule has 0 saturated heterocycles. The molecular weight excluding hydrogens is 405 g/mol. The van der Waals surface area contributed by atoms with Gasteiger partial charge in [0.25, 0.3) is 6.43 Å². The summed E-state index contributed by atoms with van der Waals surface area (Å²) in [5.74, 6) is -1.36. The minimum atomic E-state index is -5.18. The molecule has 10 heteroatoms. The summed E-state index contributed by atoms with van der Waals surface area (Å²) in [4.78, 5) is 14.8. The molecule has 1 aromatic heterocycles. The number of aromatic nitrogens is 1. The van der Waals surface area contributed by atoms with Crippen molar-refractivity contribution in [2.45, 2.75) is 42.7 Å². The van der Waals surface area contributed by atoms with Gasteiger partial charge in [-0.25, -0.2) is 22.8 Å². The highest BCUT2D eigenvalue weighted by molar-refractivity contribution is 7.85. The first-order valence-electron chi connectivity index (χ1n) is 8.19. The van der Waals surface area contributed by atoms with Gasteiger partial charge in [0.1, 0.15) is 5.69 Å². The highest BCUT2D eigenvalue weighted by Crippen LogP contribution is 2.39. The smallest absolute Gasteiger partial charge is 0.434 e. The zero-order valence-electron chi connectivity index (χ0n) is 14.8. The van der Waals surface area contributed by atoms with Gasteiger partial charge < -0.3 is 4.74 Å². The Kier molecular flexibility index (Phi) is 6.87. The van der Waals surface area contributed by atoms with Gasteiger partial charge in [-0.05, 0) is 31.0 Å². The van der Waals surface area contributed by atoms with Gasteiger partial charge in [-0.15, -0.1) is 0 Å². The summed E-state index contributed by atoms with van der Waals surface area (Å²) in [5.41, 5.74) is -4.44. The molecule has 0 bridgehead atoms. The molecule has 2 rings (SSSR count). The van der Waals surface area contributed by atoms with Crippen LogP contribution >= 0.6 is 0 Å². The van der Waals surface area contributed by atoms with Crippen LogP contribution in [0.5, 0.6) is 0 Å². The molecule has 0 N–H and O–H groups in total. The highest BCUT2D eigenvalue weighted by atomic mass is 32.2. The molecule has 1 aromatic carbocycles. The largest absolute Gasteiger partial charge is 0.462 e. The summed E-state index contributed by atoms with van der Waals surface area (Å²) in [6, 6.07) is 7.37. The van der Waals surface area contributed by atoms with Crippen molar-refractivity contribution in [1.29, 1.82) is 0 Å². The maximum absolute atomic E-state index is 13.6. The Balaban J connectivity index is 2.92. The summed E-state index contributed by atoms with van der Waals surface area (Å²) < 4.78 is 85.2. The van der Waals surface area contributed by atoms with Crippen LogP contribution in [-0.2, 0) is 28.1 Å². The van der Waals surface area contributed by atoms with E-state index < -0.39 is 56.8 Å². The first-order chi connectivity index (χ1) is 13.1. The van der Waals surface area contributed by atoms with Crippen LogP contribution in [0.15, 0.2) is 40.1 Å². The molecule has 28 heavy (non-hydrogen) atoms. The molecule has 152 valence electrons. The molecule has 0 amide bonds. The highest BCUT2D eigenvalue weighted by Gasteiger charge is 2.42. The maximum Gasteiger partial charge on any atom is 0.434 e. The minimum Gasteiger partial charge on any atom is -0.462 e. The predicted molar refractivity (Wildman–Crippen MR) is 90.6 cm³/mol. The molecule has 0 radical (unpaired) electrons. The van der Waals surface area contributed by atoms with Gasteiger partial charge in [0.2, 0.25) is 0 Å². The molecule has 4 nitrogen and oxygen atoms in total. The van der Waals surface area contributed by atoms with E-state index in [9.17, 15) is 31.0 Å². The number of alkyl halides is 5. The topological polar surface area (TPSA) is 56.3 Å². The quantitative estimate of drug-likeness (QED) is 0.490. The van der Waals surface area contributed by atoms with Crippen molar-refractivity contribution >= 4 is 16.8 Å². The maximum atomic E-state index is 13.6. The number of rotatable bonds is 6. The first kappa shape index (κ1) is 21.9. The van der Waals surface area contributed by atoms with Crippen molar-refractivity contribution < 1.29 is 35.7 Å². The number of esters is 1. The Morgan fingerprint density at radius 3 is 2.25 bits per heavy atom. The number of hydrogen-bond donors (Lipinski definition) is 0. The third-order valence-corrected chi connectivity index (χ3v) is 5.26. The van der Waals surface area contributed by atoms with Crippen molar-refractivity contribution in [3.05, 3.63) is 52.8 Å². The lowest BCUT2D eigenvalue weighted by Gasteiger charge is -2.20. The van der Waals surface area contributed by atoms with E-state index in [1.54, 1.807) is 6.07 Å². The third-order valence-electron chi connectivity index (χ3n) is 3.73. The van der Waals surface area contributed by atoms with E-state index in [-0.39, 0.29) is 17.9 Å². The summed E-state index contributed by atoms with van der Waals surface area (Å²) in [5, 5.41) is 0. The Hall–Kier alpha value is -2.36. The van der Waals surface area contributed by atoms with E-state index in [0.29, 0.717) is 0 Å². The lowest BCUT2D eigenvalue weighted by atomic mass is 10.0. The summed E-state index contributed by atoms with van der Waals surface area (Å²) in [6.07, 6.45) is -8.86. The zero-order chi connectivity index (χ0) is 21.1. The summed E-state index contributed by atoms with van der Waals surface area (Å²) >= 11 is 0. The lowest BCUT2D eigenvalue weighted by molar-refractivity contribution is -0.142. The van der Waals surface area contributed by atoms with Crippen molar-refractivity contribution in [2.75, 3.05) is 6.61 Å². The second-order valence-electron chi connectivity index (χ2n) is 5.48. The average Bonchev–Trinajstić information content (AvgIpc) is 2.65. The molecule has 0 aliphatic rings. The van der Waals surface area contributed by atoms with E-state index in [4.69, 9.17) is 0 Å². The van der Waals surface area contributed by atoms with Crippen LogP contribution in [0.2, 0.25) is 0 Å². The number of carbonyl (C=O) groups is 1. The van der Waals surface area contributed by atoms with Gasteiger partial charge in [0, 0.05) is 4.90 Å². The summed E-state index contributed by atoms with van der Waals surface area (Å²) in [6.45, 7) is 2.53. The van der Waals surface area contributed by atoms with E-state index in [1.807, 2.05) is 0 Å². The van der Waals surface area contributed by atoms with E-state index in [0.717, 1.165) is 0 Å². The third kappa shape index (κ3) is 4.37. The van der Waals surface area contributed by atoms with Gasteiger partial charge in [0.15, 0.2) is 5.69 Å². The number of ether oxygens (including phenoxy) is 1. The van der Waals surface area contributed by atoms with Crippen LogP contribution in [0, 0.1) is 0 Å². The molecule has 1 unspecified atom stereocenters. The normalized spacial score (nSPS) is 12.9. The Morgan fingerprint density at radius 2 is 1.79 bits per heavy atom. The van der Waals surface area contributed by atoms with Crippen molar-refractivity contribution in [3.63, 3.8) is 0 Å². The van der Waals surface area contributed by atoms with Crippen molar-refractivity contribution in [2.24, 2.45) is 0 Å². The summed E-state index contributed by atoms with van der Waals surface area (Å²) in [7, 11) is -2.27. The fraction of sp³-hybridized carbons (Fsp3) is 0.333. The molecule has 2 aromatic rings. The molecule has 0 saturated carbocycles. The second-order valence-corrected chi connectivity index (χ2v) is 6.90. The molecule has 1 heterocycles. The monoisotopic (exact) mass is 421 g/mol. The van der Waals surface area contributed by atoms with Crippen LogP contribution in [-0.4, -0.2) is 21.8 Å². The number of benzene rings is 1. The Bertz CT molecular complexity index is 885. The zero-order valence-corrected chi connectivity index (χ0v) is 15.7. The Labute approximate surface area is 160 Å². The molecule has 0 fully saturated rings. The lowest BCUT2D eigenvalue weighted by Crippen LogP contribution is -2.23. The number of halogens is 5. The van der Waals surface area contributed by atoms with Crippen LogP contribution < -0.4 is 0 Å². The van der Waals surface area contributed by atoms with Crippen LogP contribution in [0.1, 0.15) is 47.6 Å². The molecular formula is C18H16F5NO3S. The van der Waals surface area contributed by atoms with E-state index >= 15 is 0 Å².